The predicted molar refractivity (Wildman–Crippen MR) is 74.9 cm³/mol. The van der Waals surface area contributed by atoms with E-state index in [1.54, 1.807) is 11.1 Å². The van der Waals surface area contributed by atoms with Gasteiger partial charge in [-0.25, -0.2) is 4.98 Å². The Labute approximate surface area is 116 Å². The third kappa shape index (κ3) is 2.24. The molecule has 98 valence electrons. The molecule has 1 aromatic heterocycles. The Morgan fingerprint density at radius 2 is 1.95 bits per heavy atom. The minimum Gasteiger partial charge on any atom is -0.311 e. The van der Waals surface area contributed by atoms with E-state index in [2.05, 4.69) is 4.98 Å². The van der Waals surface area contributed by atoms with Gasteiger partial charge in [0.15, 0.2) is 0 Å². The van der Waals surface area contributed by atoms with Gasteiger partial charge in [-0.15, -0.1) is 11.6 Å². The summed E-state index contributed by atoms with van der Waals surface area (Å²) in [6, 6.07) is 7.86. The molecule has 1 aliphatic rings. The van der Waals surface area contributed by atoms with Gasteiger partial charge in [0.25, 0.3) is 0 Å². The summed E-state index contributed by atoms with van der Waals surface area (Å²) in [7, 11) is 0. The summed E-state index contributed by atoms with van der Waals surface area (Å²) in [5, 5.41) is -0.0805. The standard InChI is InChI=1S/C14H14ClN3O/c1-10-16-6-7-17(10)12-2-4-13(5-3-12)18-9-11(15)8-14(18)19/h2-7,11H,8-9H2,1H3. The molecule has 1 amide bonds. The molecule has 0 saturated carbocycles. The molecule has 3 rings (SSSR count). The average molecular weight is 276 g/mol. The zero-order chi connectivity index (χ0) is 13.4. The summed E-state index contributed by atoms with van der Waals surface area (Å²) >= 11 is 6.01. The van der Waals surface area contributed by atoms with Gasteiger partial charge in [0.05, 0.1) is 5.38 Å². The van der Waals surface area contributed by atoms with Gasteiger partial charge in [0, 0.05) is 36.7 Å². The lowest BCUT2D eigenvalue weighted by Gasteiger charge is -2.16. The second-order valence-corrected chi connectivity index (χ2v) is 5.28. The van der Waals surface area contributed by atoms with Gasteiger partial charge >= 0.3 is 0 Å². The summed E-state index contributed by atoms with van der Waals surface area (Å²) in [4.78, 5) is 17.7. The summed E-state index contributed by atoms with van der Waals surface area (Å²) in [6.45, 7) is 2.54. The fourth-order valence-corrected chi connectivity index (χ4v) is 2.63. The van der Waals surface area contributed by atoms with Crippen molar-refractivity contribution >= 4 is 23.2 Å². The molecule has 0 aliphatic carbocycles. The first-order valence-electron chi connectivity index (χ1n) is 6.20. The van der Waals surface area contributed by atoms with Gasteiger partial charge in [-0.1, -0.05) is 0 Å². The Kier molecular flexibility index (Phi) is 3.03. The maximum Gasteiger partial charge on any atom is 0.228 e. The van der Waals surface area contributed by atoms with Crippen LogP contribution < -0.4 is 4.90 Å². The Hall–Kier alpha value is -1.81. The Morgan fingerprint density at radius 3 is 2.47 bits per heavy atom. The van der Waals surface area contributed by atoms with Crippen molar-refractivity contribution in [3.8, 4) is 5.69 Å². The Bertz CT molecular complexity index is 605. The van der Waals surface area contributed by atoms with E-state index in [9.17, 15) is 4.79 Å². The van der Waals surface area contributed by atoms with E-state index in [-0.39, 0.29) is 11.3 Å². The van der Waals surface area contributed by atoms with E-state index in [0.717, 1.165) is 17.2 Å². The molecule has 4 nitrogen and oxygen atoms in total. The van der Waals surface area contributed by atoms with Gasteiger partial charge in [-0.2, -0.15) is 0 Å². The molecule has 1 aliphatic heterocycles. The molecule has 0 spiro atoms. The first kappa shape index (κ1) is 12.2. The molecule has 1 aromatic carbocycles. The van der Waals surface area contributed by atoms with Crippen molar-refractivity contribution in [2.45, 2.75) is 18.7 Å². The van der Waals surface area contributed by atoms with Gasteiger partial charge in [-0.3, -0.25) is 4.79 Å². The van der Waals surface area contributed by atoms with E-state index in [1.165, 1.54) is 0 Å². The molecule has 2 aromatic rings. The number of nitrogens with zero attached hydrogens (tertiary/aromatic N) is 3. The highest BCUT2D eigenvalue weighted by atomic mass is 35.5. The predicted octanol–water partition coefficient (Wildman–Crippen LogP) is 2.52. The monoisotopic (exact) mass is 275 g/mol. The summed E-state index contributed by atoms with van der Waals surface area (Å²) in [6.07, 6.45) is 4.11. The summed E-state index contributed by atoms with van der Waals surface area (Å²) in [5.74, 6) is 1.03. The molecular weight excluding hydrogens is 262 g/mol. The van der Waals surface area contributed by atoms with Crippen LogP contribution in [0.3, 0.4) is 0 Å². The number of imidazole rings is 1. The first-order valence-corrected chi connectivity index (χ1v) is 6.63. The number of anilines is 1. The van der Waals surface area contributed by atoms with Crippen molar-refractivity contribution in [1.82, 2.24) is 9.55 Å². The molecule has 1 atom stereocenters. The lowest BCUT2D eigenvalue weighted by Crippen LogP contribution is -2.24. The number of rotatable bonds is 2. The molecule has 2 heterocycles. The van der Waals surface area contributed by atoms with Gasteiger partial charge in [0.2, 0.25) is 5.91 Å². The highest BCUT2D eigenvalue weighted by Gasteiger charge is 2.28. The quantitative estimate of drug-likeness (QED) is 0.790. The number of amides is 1. The van der Waals surface area contributed by atoms with E-state index >= 15 is 0 Å². The van der Waals surface area contributed by atoms with Crippen LogP contribution in [0.15, 0.2) is 36.7 Å². The number of hydrogen-bond donors (Lipinski definition) is 0. The Morgan fingerprint density at radius 1 is 1.26 bits per heavy atom. The summed E-state index contributed by atoms with van der Waals surface area (Å²) < 4.78 is 2.00. The third-order valence-corrected chi connectivity index (χ3v) is 3.64. The number of carbonyl (C=O) groups excluding carboxylic acids is 1. The lowest BCUT2D eigenvalue weighted by molar-refractivity contribution is -0.117. The van der Waals surface area contributed by atoms with E-state index < -0.39 is 0 Å². The number of halogens is 1. The fraction of sp³-hybridized carbons (Fsp3) is 0.286. The number of hydrogen-bond acceptors (Lipinski definition) is 2. The minimum absolute atomic E-state index is 0.0805. The van der Waals surface area contributed by atoms with Crippen molar-refractivity contribution in [3.05, 3.63) is 42.5 Å². The normalized spacial score (nSPS) is 19.2. The van der Waals surface area contributed by atoms with Crippen LogP contribution in [0.4, 0.5) is 5.69 Å². The van der Waals surface area contributed by atoms with Crippen LogP contribution in [0, 0.1) is 6.92 Å². The van der Waals surface area contributed by atoms with Crippen molar-refractivity contribution in [3.63, 3.8) is 0 Å². The second-order valence-electron chi connectivity index (χ2n) is 4.67. The zero-order valence-corrected chi connectivity index (χ0v) is 11.3. The van der Waals surface area contributed by atoms with Gasteiger partial charge in [0.1, 0.15) is 5.82 Å². The van der Waals surface area contributed by atoms with Crippen molar-refractivity contribution < 1.29 is 4.79 Å². The zero-order valence-electron chi connectivity index (χ0n) is 10.6. The largest absolute Gasteiger partial charge is 0.311 e. The molecule has 1 fully saturated rings. The average Bonchev–Trinajstić information content (AvgIpc) is 2.96. The van der Waals surface area contributed by atoms with Crippen LogP contribution in [-0.4, -0.2) is 27.4 Å². The van der Waals surface area contributed by atoms with Crippen LogP contribution in [0.2, 0.25) is 0 Å². The first-order chi connectivity index (χ1) is 9.15. The SMILES string of the molecule is Cc1nccn1-c1ccc(N2CC(Cl)CC2=O)cc1. The van der Waals surface area contributed by atoms with Crippen molar-refractivity contribution in [1.29, 1.82) is 0 Å². The third-order valence-electron chi connectivity index (χ3n) is 3.34. The van der Waals surface area contributed by atoms with Crippen molar-refractivity contribution in [2.24, 2.45) is 0 Å². The molecule has 0 bridgehead atoms. The molecule has 1 unspecified atom stereocenters. The lowest BCUT2D eigenvalue weighted by atomic mass is 10.2. The van der Waals surface area contributed by atoms with E-state index in [1.807, 2.05) is 42.0 Å². The van der Waals surface area contributed by atoms with E-state index in [4.69, 9.17) is 11.6 Å². The maximum absolute atomic E-state index is 11.8. The minimum atomic E-state index is -0.0805. The second kappa shape index (κ2) is 4.70. The van der Waals surface area contributed by atoms with Crippen LogP contribution in [0.25, 0.3) is 5.69 Å². The molecule has 19 heavy (non-hydrogen) atoms. The molecule has 5 heteroatoms. The maximum atomic E-state index is 11.8. The van der Waals surface area contributed by atoms with Crippen LogP contribution in [0.1, 0.15) is 12.2 Å². The van der Waals surface area contributed by atoms with Gasteiger partial charge < -0.3 is 9.47 Å². The molecule has 0 radical (unpaired) electrons. The topological polar surface area (TPSA) is 38.1 Å². The highest BCUT2D eigenvalue weighted by Crippen LogP contribution is 2.25. The molecule has 0 N–H and O–H groups in total. The highest BCUT2D eigenvalue weighted by molar-refractivity contribution is 6.24. The van der Waals surface area contributed by atoms with Crippen LogP contribution in [0.5, 0.6) is 0 Å². The number of alkyl halides is 1. The van der Waals surface area contributed by atoms with E-state index in [0.29, 0.717) is 13.0 Å². The fourth-order valence-electron chi connectivity index (χ4n) is 2.36. The number of carbonyl (C=O) groups is 1. The summed E-state index contributed by atoms with van der Waals surface area (Å²) in [5.41, 5.74) is 1.93. The Balaban J connectivity index is 1.87. The van der Waals surface area contributed by atoms with Crippen LogP contribution in [-0.2, 0) is 4.79 Å². The number of benzene rings is 1. The molecule has 1 saturated heterocycles. The van der Waals surface area contributed by atoms with Crippen molar-refractivity contribution in [2.75, 3.05) is 11.4 Å². The smallest absolute Gasteiger partial charge is 0.228 e. The van der Waals surface area contributed by atoms with Gasteiger partial charge in [-0.05, 0) is 31.2 Å². The number of aromatic nitrogens is 2. The molecular formula is C14H14ClN3O. The van der Waals surface area contributed by atoms with Crippen LogP contribution >= 0.6 is 11.6 Å². The number of aryl methyl sites for hydroxylation is 1.